The van der Waals surface area contributed by atoms with E-state index in [1.165, 1.54) is 42.5 Å². The lowest BCUT2D eigenvalue weighted by molar-refractivity contribution is -0.118. The number of anilines is 2. The molecule has 2 N–H and O–H groups in total. The third-order valence-electron chi connectivity index (χ3n) is 4.57. The van der Waals surface area contributed by atoms with Gasteiger partial charge in [-0.05, 0) is 66.6 Å². The summed E-state index contributed by atoms with van der Waals surface area (Å²) in [6.45, 7) is 1.54. The Morgan fingerprint density at radius 1 is 1.06 bits per heavy atom. The number of carbonyl (C=O) groups is 2. The SMILES string of the molecule is Cc1ccccc1NC(=O)COc1c(Cl)cc(/C=C(\C#N)C(=O)Nc2ccc(F)cc2)cc1Cl. The molecule has 3 aromatic carbocycles. The normalized spacial score (nSPS) is 10.9. The van der Waals surface area contributed by atoms with Gasteiger partial charge in [0.1, 0.15) is 17.5 Å². The molecule has 0 bridgehead atoms. The molecule has 0 fully saturated rings. The summed E-state index contributed by atoms with van der Waals surface area (Å²) in [5.74, 6) is -1.44. The first-order valence-corrected chi connectivity index (χ1v) is 10.7. The second-order valence-corrected chi connectivity index (χ2v) is 7.91. The van der Waals surface area contributed by atoms with Crippen molar-refractivity contribution in [2.75, 3.05) is 17.2 Å². The molecule has 0 aliphatic rings. The smallest absolute Gasteiger partial charge is 0.266 e. The molecule has 3 aromatic rings. The zero-order valence-corrected chi connectivity index (χ0v) is 19.4. The average molecular weight is 498 g/mol. The molecule has 0 radical (unpaired) electrons. The molecule has 0 saturated carbocycles. The molecule has 0 atom stereocenters. The molecule has 0 saturated heterocycles. The van der Waals surface area contributed by atoms with Gasteiger partial charge in [-0.25, -0.2) is 4.39 Å². The second-order valence-electron chi connectivity index (χ2n) is 7.10. The van der Waals surface area contributed by atoms with Crippen LogP contribution in [0.15, 0.2) is 66.2 Å². The maximum absolute atomic E-state index is 13.0. The summed E-state index contributed by atoms with van der Waals surface area (Å²) in [5.41, 5.74) is 2.05. The van der Waals surface area contributed by atoms with E-state index in [0.29, 0.717) is 16.9 Å². The first kappa shape index (κ1) is 24.8. The highest BCUT2D eigenvalue weighted by molar-refractivity contribution is 6.37. The van der Waals surface area contributed by atoms with Crippen molar-refractivity contribution in [3.63, 3.8) is 0 Å². The Balaban J connectivity index is 1.69. The zero-order valence-electron chi connectivity index (χ0n) is 17.9. The minimum absolute atomic E-state index is 0.0923. The maximum atomic E-state index is 13.0. The number of hydrogen-bond donors (Lipinski definition) is 2. The van der Waals surface area contributed by atoms with Crippen molar-refractivity contribution in [1.82, 2.24) is 0 Å². The van der Waals surface area contributed by atoms with Crippen LogP contribution in [-0.4, -0.2) is 18.4 Å². The number of ether oxygens (including phenoxy) is 1. The minimum atomic E-state index is -0.686. The van der Waals surface area contributed by atoms with Crippen LogP contribution in [0.2, 0.25) is 10.0 Å². The molecule has 0 aliphatic heterocycles. The topological polar surface area (TPSA) is 91.2 Å². The van der Waals surface area contributed by atoms with E-state index < -0.39 is 17.6 Å². The summed E-state index contributed by atoms with van der Waals surface area (Å²) in [7, 11) is 0. The molecular weight excluding hydrogens is 480 g/mol. The van der Waals surface area contributed by atoms with E-state index in [2.05, 4.69) is 10.6 Å². The Labute approximate surface area is 205 Å². The molecule has 3 rings (SSSR count). The van der Waals surface area contributed by atoms with Crippen molar-refractivity contribution in [2.24, 2.45) is 0 Å². The Morgan fingerprint density at radius 2 is 1.71 bits per heavy atom. The van der Waals surface area contributed by atoms with Crippen molar-refractivity contribution < 1.29 is 18.7 Å². The van der Waals surface area contributed by atoms with Gasteiger partial charge in [-0.3, -0.25) is 9.59 Å². The van der Waals surface area contributed by atoms with E-state index in [1.54, 1.807) is 12.1 Å². The fourth-order valence-corrected chi connectivity index (χ4v) is 3.50. The summed E-state index contributed by atoms with van der Waals surface area (Å²) in [6, 6.07) is 17.1. The van der Waals surface area contributed by atoms with Crippen molar-refractivity contribution >= 4 is 52.5 Å². The number of hydrogen-bond acceptors (Lipinski definition) is 4. The van der Waals surface area contributed by atoms with Gasteiger partial charge in [0.15, 0.2) is 12.4 Å². The minimum Gasteiger partial charge on any atom is -0.481 e. The van der Waals surface area contributed by atoms with Crippen LogP contribution in [0.5, 0.6) is 5.75 Å². The van der Waals surface area contributed by atoms with Crippen molar-refractivity contribution in [3.8, 4) is 11.8 Å². The lowest BCUT2D eigenvalue weighted by Crippen LogP contribution is -2.20. The lowest BCUT2D eigenvalue weighted by atomic mass is 10.1. The van der Waals surface area contributed by atoms with Gasteiger partial charge in [0.2, 0.25) is 0 Å². The largest absolute Gasteiger partial charge is 0.481 e. The van der Waals surface area contributed by atoms with E-state index in [4.69, 9.17) is 27.9 Å². The van der Waals surface area contributed by atoms with Gasteiger partial charge in [0, 0.05) is 11.4 Å². The number of nitrogens with one attached hydrogen (secondary N) is 2. The maximum Gasteiger partial charge on any atom is 0.266 e. The third-order valence-corrected chi connectivity index (χ3v) is 5.13. The molecule has 0 spiro atoms. The molecule has 0 aromatic heterocycles. The van der Waals surface area contributed by atoms with E-state index >= 15 is 0 Å². The molecule has 2 amide bonds. The summed E-state index contributed by atoms with van der Waals surface area (Å²) in [6.07, 6.45) is 1.30. The van der Waals surface area contributed by atoms with Gasteiger partial charge < -0.3 is 15.4 Å². The second kappa shape index (κ2) is 11.3. The monoisotopic (exact) mass is 497 g/mol. The summed E-state index contributed by atoms with van der Waals surface area (Å²) < 4.78 is 18.5. The molecule has 34 heavy (non-hydrogen) atoms. The number of para-hydroxylation sites is 1. The highest BCUT2D eigenvalue weighted by Gasteiger charge is 2.14. The van der Waals surface area contributed by atoms with E-state index in [-0.39, 0.29) is 28.0 Å². The number of aryl methyl sites for hydroxylation is 1. The van der Waals surface area contributed by atoms with Crippen LogP contribution in [0.25, 0.3) is 6.08 Å². The molecule has 9 heteroatoms. The van der Waals surface area contributed by atoms with E-state index in [1.807, 2.05) is 25.1 Å². The Kier molecular flexibility index (Phi) is 8.25. The molecule has 0 unspecified atom stereocenters. The van der Waals surface area contributed by atoms with E-state index in [9.17, 15) is 19.2 Å². The van der Waals surface area contributed by atoms with Crippen molar-refractivity contribution in [2.45, 2.75) is 6.92 Å². The van der Waals surface area contributed by atoms with Gasteiger partial charge in [-0.15, -0.1) is 0 Å². The van der Waals surface area contributed by atoms with Crippen LogP contribution in [0.4, 0.5) is 15.8 Å². The quantitative estimate of drug-likeness (QED) is 0.309. The molecular formula is C25H18Cl2FN3O3. The van der Waals surface area contributed by atoms with Crippen LogP contribution in [0.1, 0.15) is 11.1 Å². The van der Waals surface area contributed by atoms with Gasteiger partial charge in [-0.1, -0.05) is 41.4 Å². The summed E-state index contributed by atoms with van der Waals surface area (Å²) in [5, 5.41) is 14.8. The lowest BCUT2D eigenvalue weighted by Gasteiger charge is -2.12. The number of benzene rings is 3. The third kappa shape index (κ3) is 6.58. The van der Waals surface area contributed by atoms with Crippen LogP contribution >= 0.6 is 23.2 Å². The first-order chi connectivity index (χ1) is 16.3. The average Bonchev–Trinajstić information content (AvgIpc) is 2.80. The highest BCUT2D eigenvalue weighted by atomic mass is 35.5. The van der Waals surface area contributed by atoms with E-state index in [0.717, 1.165) is 5.56 Å². The fourth-order valence-electron chi connectivity index (χ4n) is 2.88. The predicted octanol–water partition coefficient (Wildman–Crippen LogP) is 6.00. The van der Waals surface area contributed by atoms with Crippen LogP contribution in [0.3, 0.4) is 0 Å². The number of rotatable bonds is 7. The number of nitriles is 1. The molecule has 172 valence electrons. The predicted molar refractivity (Wildman–Crippen MR) is 130 cm³/mol. The highest BCUT2D eigenvalue weighted by Crippen LogP contribution is 2.35. The Bertz CT molecular complexity index is 1280. The fraction of sp³-hybridized carbons (Fsp3) is 0.0800. The first-order valence-electron chi connectivity index (χ1n) is 9.93. The number of amides is 2. The zero-order chi connectivity index (χ0) is 24.7. The van der Waals surface area contributed by atoms with Crippen LogP contribution in [-0.2, 0) is 9.59 Å². The summed E-state index contributed by atoms with van der Waals surface area (Å²) in [4.78, 5) is 24.6. The molecule has 0 aliphatic carbocycles. The van der Waals surface area contributed by atoms with Gasteiger partial charge in [0.25, 0.3) is 11.8 Å². The number of carbonyl (C=O) groups excluding carboxylic acids is 2. The number of nitrogens with zero attached hydrogens (tertiary/aromatic N) is 1. The standard InChI is InChI=1S/C25H18Cl2FN3O3/c1-15-4-2-3-5-22(15)31-23(32)14-34-24-20(26)11-16(12-21(24)27)10-17(13-29)25(33)30-19-8-6-18(28)7-9-19/h2-12H,14H2,1H3,(H,30,33)(H,31,32)/b17-10+. The van der Waals surface area contributed by atoms with Crippen LogP contribution in [0, 0.1) is 24.1 Å². The molecule has 0 heterocycles. The van der Waals surface area contributed by atoms with Crippen LogP contribution < -0.4 is 15.4 Å². The van der Waals surface area contributed by atoms with Crippen molar-refractivity contribution in [3.05, 3.63) is 93.2 Å². The van der Waals surface area contributed by atoms with Gasteiger partial charge >= 0.3 is 0 Å². The summed E-state index contributed by atoms with van der Waals surface area (Å²) >= 11 is 12.5. The molecule has 6 nitrogen and oxygen atoms in total. The van der Waals surface area contributed by atoms with Gasteiger partial charge in [0.05, 0.1) is 10.0 Å². The Morgan fingerprint density at radius 3 is 2.32 bits per heavy atom. The number of halogens is 3. The van der Waals surface area contributed by atoms with Gasteiger partial charge in [-0.2, -0.15) is 5.26 Å². The van der Waals surface area contributed by atoms with Crippen molar-refractivity contribution in [1.29, 1.82) is 5.26 Å². The Hall–Kier alpha value is -3.86.